The summed E-state index contributed by atoms with van der Waals surface area (Å²) in [5, 5.41) is 12.6. The first-order valence-corrected chi connectivity index (χ1v) is 6.78. The number of morpholine rings is 1. The summed E-state index contributed by atoms with van der Waals surface area (Å²) in [6, 6.07) is -0.0241. The van der Waals surface area contributed by atoms with E-state index in [1.165, 1.54) is 0 Å². The second kappa shape index (κ2) is 6.68. The van der Waals surface area contributed by atoms with E-state index in [1.54, 1.807) is 6.33 Å². The van der Waals surface area contributed by atoms with Crippen LogP contribution in [0.2, 0.25) is 0 Å². The third-order valence-electron chi connectivity index (χ3n) is 3.37. The lowest BCUT2D eigenvalue weighted by atomic mass is 10.1. The predicted octanol–water partition coefficient (Wildman–Crippen LogP) is 0.668. The normalized spacial score (nSPS) is 19.5. The summed E-state index contributed by atoms with van der Waals surface area (Å²) < 4.78 is 5.42. The van der Waals surface area contributed by atoms with Crippen LogP contribution in [0.3, 0.4) is 0 Å². The zero-order valence-corrected chi connectivity index (χ0v) is 11.6. The SMILES string of the molecule is CCCc1c(NC)ncnc1N1CCOCC1CO. The van der Waals surface area contributed by atoms with Gasteiger partial charge in [-0.15, -0.1) is 0 Å². The van der Waals surface area contributed by atoms with Crippen LogP contribution in [0, 0.1) is 0 Å². The van der Waals surface area contributed by atoms with Crippen LogP contribution in [0.15, 0.2) is 6.33 Å². The summed E-state index contributed by atoms with van der Waals surface area (Å²) in [5.74, 6) is 1.79. The molecule has 1 aliphatic rings. The molecule has 6 heteroatoms. The number of hydrogen-bond donors (Lipinski definition) is 2. The highest BCUT2D eigenvalue weighted by atomic mass is 16.5. The molecule has 0 aromatic carbocycles. The third-order valence-corrected chi connectivity index (χ3v) is 3.37. The van der Waals surface area contributed by atoms with Gasteiger partial charge in [-0.05, 0) is 6.42 Å². The van der Waals surface area contributed by atoms with Crippen LogP contribution in [-0.2, 0) is 11.2 Å². The highest BCUT2D eigenvalue weighted by molar-refractivity contribution is 5.59. The first kappa shape index (κ1) is 14.0. The zero-order valence-electron chi connectivity index (χ0n) is 11.6. The molecule has 1 aromatic rings. The Morgan fingerprint density at radius 1 is 1.53 bits per heavy atom. The van der Waals surface area contributed by atoms with Gasteiger partial charge in [0.2, 0.25) is 0 Å². The zero-order chi connectivity index (χ0) is 13.7. The van der Waals surface area contributed by atoms with Gasteiger partial charge in [-0.3, -0.25) is 0 Å². The lowest BCUT2D eigenvalue weighted by Gasteiger charge is -2.36. The minimum absolute atomic E-state index is 0.0241. The smallest absolute Gasteiger partial charge is 0.137 e. The van der Waals surface area contributed by atoms with Gasteiger partial charge < -0.3 is 20.1 Å². The highest BCUT2D eigenvalue weighted by Gasteiger charge is 2.26. The van der Waals surface area contributed by atoms with Crippen molar-refractivity contribution >= 4 is 11.6 Å². The molecule has 0 spiro atoms. The van der Waals surface area contributed by atoms with E-state index in [0.29, 0.717) is 13.2 Å². The number of ether oxygens (including phenoxy) is 1. The van der Waals surface area contributed by atoms with Crippen molar-refractivity contribution in [3.8, 4) is 0 Å². The molecule has 1 fully saturated rings. The molecule has 6 nitrogen and oxygen atoms in total. The topological polar surface area (TPSA) is 70.5 Å². The molecule has 0 radical (unpaired) electrons. The largest absolute Gasteiger partial charge is 0.394 e. The fraction of sp³-hybridized carbons (Fsp3) is 0.692. The molecule has 0 bridgehead atoms. The molecule has 1 aromatic heterocycles. The first-order chi connectivity index (χ1) is 9.31. The molecule has 0 saturated carbocycles. The van der Waals surface area contributed by atoms with E-state index in [4.69, 9.17) is 4.74 Å². The Morgan fingerprint density at radius 3 is 3.05 bits per heavy atom. The van der Waals surface area contributed by atoms with E-state index in [0.717, 1.165) is 36.6 Å². The van der Waals surface area contributed by atoms with Crippen molar-refractivity contribution in [3.63, 3.8) is 0 Å². The van der Waals surface area contributed by atoms with Gasteiger partial charge >= 0.3 is 0 Å². The standard InChI is InChI=1S/C13H22N4O2/c1-3-4-11-12(14-2)15-9-16-13(11)17-5-6-19-8-10(17)7-18/h9-10,18H,3-8H2,1-2H3,(H,14,15,16). The Morgan fingerprint density at radius 2 is 2.37 bits per heavy atom. The van der Waals surface area contributed by atoms with E-state index in [-0.39, 0.29) is 12.6 Å². The number of nitrogens with one attached hydrogen (secondary N) is 1. The average molecular weight is 266 g/mol. The minimum Gasteiger partial charge on any atom is -0.394 e. The number of nitrogens with zero attached hydrogens (tertiary/aromatic N) is 3. The molecular formula is C13H22N4O2. The van der Waals surface area contributed by atoms with Crippen molar-refractivity contribution in [2.75, 3.05) is 43.6 Å². The molecule has 1 unspecified atom stereocenters. The van der Waals surface area contributed by atoms with Crippen molar-refractivity contribution < 1.29 is 9.84 Å². The van der Waals surface area contributed by atoms with Crippen LogP contribution in [0.4, 0.5) is 11.6 Å². The number of aliphatic hydroxyl groups is 1. The fourth-order valence-corrected chi connectivity index (χ4v) is 2.43. The van der Waals surface area contributed by atoms with Gasteiger partial charge in [-0.25, -0.2) is 9.97 Å². The number of anilines is 2. The van der Waals surface area contributed by atoms with E-state index in [9.17, 15) is 5.11 Å². The van der Waals surface area contributed by atoms with Crippen LogP contribution in [0.1, 0.15) is 18.9 Å². The van der Waals surface area contributed by atoms with E-state index >= 15 is 0 Å². The van der Waals surface area contributed by atoms with Crippen LogP contribution < -0.4 is 10.2 Å². The van der Waals surface area contributed by atoms with Crippen LogP contribution in [0.5, 0.6) is 0 Å². The first-order valence-electron chi connectivity index (χ1n) is 6.78. The Balaban J connectivity index is 2.36. The molecule has 2 N–H and O–H groups in total. The fourth-order valence-electron chi connectivity index (χ4n) is 2.43. The minimum atomic E-state index is -0.0241. The molecule has 1 saturated heterocycles. The van der Waals surface area contributed by atoms with E-state index in [1.807, 2.05) is 7.05 Å². The molecule has 19 heavy (non-hydrogen) atoms. The van der Waals surface area contributed by atoms with Gasteiger partial charge in [0.1, 0.15) is 18.0 Å². The number of aliphatic hydroxyl groups excluding tert-OH is 1. The van der Waals surface area contributed by atoms with Gasteiger partial charge in [0.05, 0.1) is 25.9 Å². The maximum Gasteiger partial charge on any atom is 0.137 e. The van der Waals surface area contributed by atoms with E-state index < -0.39 is 0 Å². The molecule has 2 heterocycles. The quantitative estimate of drug-likeness (QED) is 0.816. The third kappa shape index (κ3) is 2.96. The van der Waals surface area contributed by atoms with Gasteiger partial charge in [-0.2, -0.15) is 0 Å². The van der Waals surface area contributed by atoms with Gasteiger partial charge in [0.25, 0.3) is 0 Å². The molecule has 1 atom stereocenters. The Bertz CT molecular complexity index is 414. The lowest BCUT2D eigenvalue weighted by Crippen LogP contribution is -2.48. The maximum atomic E-state index is 9.49. The number of rotatable bonds is 5. The predicted molar refractivity (Wildman–Crippen MR) is 74.6 cm³/mol. The monoisotopic (exact) mass is 266 g/mol. The second-order valence-corrected chi connectivity index (χ2v) is 4.63. The molecule has 2 rings (SSSR count). The van der Waals surface area contributed by atoms with Crippen LogP contribution in [-0.4, -0.2) is 54.5 Å². The maximum absolute atomic E-state index is 9.49. The summed E-state index contributed by atoms with van der Waals surface area (Å²) >= 11 is 0. The summed E-state index contributed by atoms with van der Waals surface area (Å²) in [6.45, 7) is 4.17. The van der Waals surface area contributed by atoms with Gasteiger partial charge in [-0.1, -0.05) is 13.3 Å². The van der Waals surface area contributed by atoms with Crippen molar-refractivity contribution in [1.82, 2.24) is 9.97 Å². The van der Waals surface area contributed by atoms with Crippen molar-refractivity contribution in [2.45, 2.75) is 25.8 Å². The Kier molecular flexibility index (Phi) is 4.93. The van der Waals surface area contributed by atoms with Gasteiger partial charge in [0.15, 0.2) is 0 Å². The van der Waals surface area contributed by atoms with Crippen molar-refractivity contribution in [1.29, 1.82) is 0 Å². The molecule has 0 aliphatic carbocycles. The van der Waals surface area contributed by atoms with Gasteiger partial charge in [0, 0.05) is 19.2 Å². The Hall–Kier alpha value is -1.40. The second-order valence-electron chi connectivity index (χ2n) is 4.63. The molecule has 0 amide bonds. The van der Waals surface area contributed by atoms with Crippen molar-refractivity contribution in [3.05, 3.63) is 11.9 Å². The Labute approximate surface area is 113 Å². The van der Waals surface area contributed by atoms with Crippen LogP contribution >= 0.6 is 0 Å². The summed E-state index contributed by atoms with van der Waals surface area (Å²) in [6.07, 6.45) is 3.52. The number of aromatic nitrogens is 2. The summed E-state index contributed by atoms with van der Waals surface area (Å²) in [5.41, 5.74) is 1.12. The highest BCUT2D eigenvalue weighted by Crippen LogP contribution is 2.27. The molecular weight excluding hydrogens is 244 g/mol. The summed E-state index contributed by atoms with van der Waals surface area (Å²) in [4.78, 5) is 10.9. The average Bonchev–Trinajstić information content (AvgIpc) is 2.47. The molecule has 1 aliphatic heterocycles. The number of hydrogen-bond acceptors (Lipinski definition) is 6. The summed E-state index contributed by atoms with van der Waals surface area (Å²) in [7, 11) is 1.87. The van der Waals surface area contributed by atoms with Crippen molar-refractivity contribution in [2.24, 2.45) is 0 Å². The van der Waals surface area contributed by atoms with E-state index in [2.05, 4.69) is 27.1 Å². The van der Waals surface area contributed by atoms with Crippen LogP contribution in [0.25, 0.3) is 0 Å². The molecule has 106 valence electrons. The lowest BCUT2D eigenvalue weighted by molar-refractivity contribution is 0.0722.